The van der Waals surface area contributed by atoms with Gasteiger partial charge in [-0.3, -0.25) is 0 Å². The van der Waals surface area contributed by atoms with Crippen LogP contribution >= 0.6 is 56.7 Å². The van der Waals surface area contributed by atoms with Gasteiger partial charge in [-0.2, -0.15) is 0 Å². The summed E-state index contributed by atoms with van der Waals surface area (Å²) in [4.78, 5) is 51.9. The fourth-order valence-electron chi connectivity index (χ4n) is 4.26. The van der Waals surface area contributed by atoms with Gasteiger partial charge in [0.05, 0.1) is 0 Å². The van der Waals surface area contributed by atoms with Gasteiger partial charge in [0, 0.05) is 93.5 Å². The van der Waals surface area contributed by atoms with Crippen molar-refractivity contribution in [3.8, 4) is 39.0 Å². The Kier molecular flexibility index (Phi) is 18.8. The molecule has 5 aromatic heterocycles. The van der Waals surface area contributed by atoms with Gasteiger partial charge in [-0.25, -0.2) is 0 Å². The number of aliphatic carboxylic acids is 4. The summed E-state index contributed by atoms with van der Waals surface area (Å²) in [6.45, 7) is 0. The zero-order chi connectivity index (χ0) is 29.3. The number of carboxylic acid groups (broad SMARTS) is 4. The number of carbonyl (C=O) groups excluding carboxylic acids is 4. The molecule has 5 rings (SSSR count). The predicted octanol–water partition coefficient (Wildman–Crippen LogP) is -10.2. The number of thiophene rings is 5. The van der Waals surface area contributed by atoms with E-state index in [4.69, 9.17) is 0 Å². The third kappa shape index (κ3) is 11.2. The van der Waals surface area contributed by atoms with Crippen LogP contribution in [0.2, 0.25) is 0 Å². The molecule has 0 bridgehead atoms. The quantitative estimate of drug-likeness (QED) is 0.114. The SMILES string of the molecule is O=C([O-])Cc1ccc(-c2cc(CC(=O)[O-])c(-c3ccc(-c4sc(-c5sccc5CC(=O)[O-])cc4CC(=O)[O-])s3)s2)s1.[Na+].[Na+].[Na+].[Na+]. The van der Waals surface area contributed by atoms with E-state index in [1.165, 1.54) is 56.7 Å². The summed E-state index contributed by atoms with van der Waals surface area (Å²) >= 11 is 6.77. The first-order chi connectivity index (χ1) is 19.6. The van der Waals surface area contributed by atoms with Crippen LogP contribution in [0.5, 0.6) is 0 Å². The number of carbonyl (C=O) groups is 4. The topological polar surface area (TPSA) is 161 Å². The third-order valence-corrected chi connectivity index (χ3v) is 12.1. The van der Waals surface area contributed by atoms with Crippen LogP contribution < -0.4 is 139 Å². The zero-order valence-corrected chi connectivity index (χ0v) is 36.8. The molecule has 0 saturated carbocycles. The molecule has 0 atom stereocenters. The Bertz CT molecular complexity index is 1800. The van der Waals surface area contributed by atoms with Crippen LogP contribution in [0.3, 0.4) is 0 Å². The Morgan fingerprint density at radius 3 is 1.47 bits per heavy atom. The molecule has 0 spiro atoms. The van der Waals surface area contributed by atoms with E-state index < -0.39 is 23.9 Å². The van der Waals surface area contributed by atoms with Crippen molar-refractivity contribution in [2.24, 2.45) is 0 Å². The molecule has 210 valence electrons. The van der Waals surface area contributed by atoms with E-state index in [1.54, 1.807) is 35.7 Å². The molecule has 5 heterocycles. The second-order valence-electron chi connectivity index (χ2n) is 8.83. The Morgan fingerprint density at radius 1 is 0.467 bits per heavy atom. The van der Waals surface area contributed by atoms with Crippen molar-refractivity contribution in [2.45, 2.75) is 25.7 Å². The van der Waals surface area contributed by atoms with Crippen LogP contribution in [0, 0.1) is 0 Å². The van der Waals surface area contributed by atoms with E-state index in [0.29, 0.717) is 26.4 Å². The van der Waals surface area contributed by atoms with Crippen molar-refractivity contribution >= 4 is 80.6 Å². The van der Waals surface area contributed by atoms with E-state index in [-0.39, 0.29) is 144 Å². The van der Waals surface area contributed by atoms with Crippen molar-refractivity contribution in [3.05, 3.63) is 69.4 Å². The summed E-state index contributed by atoms with van der Waals surface area (Å²) in [5, 5.41) is 47.0. The van der Waals surface area contributed by atoms with Gasteiger partial charge in [0.1, 0.15) is 0 Å². The molecule has 45 heavy (non-hydrogen) atoms. The molecule has 0 amide bonds. The standard InChI is InChI=1S/C28H20O8S5.4Na/c29-22(30)9-13-5-6-37-26(13)21-8-15(11-24(33)34)28(41-21)19-4-3-18(39-19)27-14(10-23(31)32)7-20(40-27)17-2-1-16(38-17)12-25(35)36;;;;/h1-8H,9-12H2,(H,29,30)(H,31,32)(H,33,34)(H,35,36);;;;/q;4*+1/p-4. The van der Waals surface area contributed by atoms with Gasteiger partial charge >= 0.3 is 118 Å². The van der Waals surface area contributed by atoms with Gasteiger partial charge in [0.2, 0.25) is 0 Å². The van der Waals surface area contributed by atoms with Crippen molar-refractivity contribution in [3.63, 3.8) is 0 Å². The fraction of sp³-hybridized carbons (Fsp3) is 0.143. The Hall–Kier alpha value is 0.380. The maximum absolute atomic E-state index is 11.6. The summed E-state index contributed by atoms with van der Waals surface area (Å²) in [5.74, 6) is -4.88. The van der Waals surface area contributed by atoms with E-state index in [9.17, 15) is 39.6 Å². The Labute approximate surface area is 366 Å². The first-order valence-electron chi connectivity index (χ1n) is 11.9. The van der Waals surface area contributed by atoms with E-state index in [1.807, 2.05) is 12.1 Å². The summed E-state index contributed by atoms with van der Waals surface area (Å²) in [7, 11) is 0. The summed E-state index contributed by atoms with van der Waals surface area (Å²) in [5.41, 5.74) is 1.68. The van der Waals surface area contributed by atoms with Crippen molar-refractivity contribution in [2.75, 3.05) is 0 Å². The fourth-order valence-corrected chi connectivity index (χ4v) is 10.1. The van der Waals surface area contributed by atoms with Gasteiger partial charge < -0.3 is 39.6 Å². The second kappa shape index (κ2) is 19.5. The monoisotopic (exact) mass is 732 g/mol. The first kappa shape index (κ1) is 43.4. The first-order valence-corrected chi connectivity index (χ1v) is 16.0. The molecule has 0 radical (unpaired) electrons. The molecule has 0 aliphatic carbocycles. The predicted molar refractivity (Wildman–Crippen MR) is 152 cm³/mol. The Balaban J connectivity index is 0.00000253. The molecular formula is C28H16Na4O8S5. The molecule has 0 aliphatic rings. The molecule has 0 aromatic carbocycles. The van der Waals surface area contributed by atoms with Crippen LogP contribution in [0.4, 0.5) is 0 Å². The van der Waals surface area contributed by atoms with Crippen LogP contribution in [0.1, 0.15) is 21.6 Å². The maximum atomic E-state index is 11.6. The third-order valence-electron chi connectivity index (χ3n) is 5.87. The molecule has 5 aromatic rings. The summed E-state index contributed by atoms with van der Waals surface area (Å²) < 4.78 is 0. The van der Waals surface area contributed by atoms with Crippen LogP contribution in [0.15, 0.2) is 47.8 Å². The second-order valence-corrected chi connectivity index (χ2v) is 14.1. The van der Waals surface area contributed by atoms with Gasteiger partial charge in [-0.15, -0.1) is 56.7 Å². The smallest absolute Gasteiger partial charge is 0.550 e. The van der Waals surface area contributed by atoms with Crippen molar-refractivity contribution < 1.29 is 158 Å². The van der Waals surface area contributed by atoms with Crippen LogP contribution in [-0.2, 0) is 44.9 Å². The molecule has 8 nitrogen and oxygen atoms in total. The number of rotatable bonds is 12. The minimum absolute atomic E-state index is 0. The van der Waals surface area contributed by atoms with Gasteiger partial charge in [0.25, 0.3) is 0 Å². The van der Waals surface area contributed by atoms with Crippen LogP contribution in [0.25, 0.3) is 39.0 Å². The van der Waals surface area contributed by atoms with Crippen molar-refractivity contribution in [1.29, 1.82) is 0 Å². The van der Waals surface area contributed by atoms with Gasteiger partial charge in [0.15, 0.2) is 0 Å². The molecule has 17 heteroatoms. The molecular weight excluding hydrogens is 717 g/mol. The van der Waals surface area contributed by atoms with E-state index in [0.717, 1.165) is 34.1 Å². The molecule has 0 fully saturated rings. The molecule has 0 saturated heterocycles. The normalized spacial score (nSPS) is 10.1. The van der Waals surface area contributed by atoms with Gasteiger partial charge in [-0.1, -0.05) is 0 Å². The number of hydrogen-bond acceptors (Lipinski definition) is 13. The molecule has 0 N–H and O–H groups in total. The van der Waals surface area contributed by atoms with Crippen LogP contribution in [-0.4, -0.2) is 23.9 Å². The Morgan fingerprint density at radius 2 is 0.933 bits per heavy atom. The minimum Gasteiger partial charge on any atom is -0.550 e. The largest absolute Gasteiger partial charge is 1.00 e. The average molecular weight is 733 g/mol. The maximum Gasteiger partial charge on any atom is 1.00 e. The van der Waals surface area contributed by atoms with E-state index in [2.05, 4.69) is 0 Å². The summed E-state index contributed by atoms with van der Waals surface area (Å²) in [6.07, 6.45) is -1.10. The molecule has 0 aliphatic heterocycles. The zero-order valence-electron chi connectivity index (χ0n) is 24.8. The number of carboxylic acids is 4. The van der Waals surface area contributed by atoms with Crippen molar-refractivity contribution in [1.82, 2.24) is 0 Å². The number of hydrogen-bond donors (Lipinski definition) is 0. The minimum atomic E-state index is -1.25. The average Bonchev–Trinajstić information content (AvgIpc) is 3.68. The van der Waals surface area contributed by atoms with Gasteiger partial charge in [-0.05, 0) is 64.5 Å². The summed E-state index contributed by atoms with van der Waals surface area (Å²) in [6, 6.07) is 12.4. The van der Waals surface area contributed by atoms with E-state index >= 15 is 0 Å². The molecule has 0 unspecified atom stereocenters.